The lowest BCUT2D eigenvalue weighted by Gasteiger charge is -2.05. The fourth-order valence-electron chi connectivity index (χ4n) is 2.06. The van der Waals surface area contributed by atoms with Gasteiger partial charge in [-0.15, -0.1) is 0 Å². The molecule has 2 rings (SSSR count). The summed E-state index contributed by atoms with van der Waals surface area (Å²) in [6, 6.07) is 8.54. The first-order valence-electron chi connectivity index (χ1n) is 5.55. The third-order valence-corrected chi connectivity index (χ3v) is 3.04. The van der Waals surface area contributed by atoms with E-state index in [0.717, 1.165) is 6.54 Å². The van der Waals surface area contributed by atoms with E-state index in [1.54, 1.807) is 0 Å². The summed E-state index contributed by atoms with van der Waals surface area (Å²) in [5, 5.41) is 1.34. The SMILES string of the molecule is CCn1cc(C(C)CN)c2ccccc21. The highest BCUT2D eigenvalue weighted by atomic mass is 14.9. The maximum Gasteiger partial charge on any atom is 0.0483 e. The molecular weight excluding hydrogens is 184 g/mol. The maximum absolute atomic E-state index is 5.74. The van der Waals surface area contributed by atoms with E-state index in [2.05, 4.69) is 48.9 Å². The summed E-state index contributed by atoms with van der Waals surface area (Å²) in [6.07, 6.45) is 2.24. The summed E-state index contributed by atoms with van der Waals surface area (Å²) in [7, 11) is 0. The first-order chi connectivity index (χ1) is 7.27. The minimum Gasteiger partial charge on any atom is -0.347 e. The zero-order valence-corrected chi connectivity index (χ0v) is 9.40. The van der Waals surface area contributed by atoms with Crippen LogP contribution in [0.2, 0.25) is 0 Å². The topological polar surface area (TPSA) is 30.9 Å². The predicted molar refractivity (Wildman–Crippen MR) is 65.1 cm³/mol. The van der Waals surface area contributed by atoms with Crippen LogP contribution in [0.4, 0.5) is 0 Å². The van der Waals surface area contributed by atoms with E-state index in [1.807, 2.05) is 0 Å². The lowest BCUT2D eigenvalue weighted by Crippen LogP contribution is -2.08. The highest BCUT2D eigenvalue weighted by Gasteiger charge is 2.11. The van der Waals surface area contributed by atoms with Crippen LogP contribution in [0.3, 0.4) is 0 Å². The van der Waals surface area contributed by atoms with Gasteiger partial charge in [0, 0.05) is 23.6 Å². The van der Waals surface area contributed by atoms with Gasteiger partial charge in [-0.05, 0) is 31.0 Å². The van der Waals surface area contributed by atoms with Gasteiger partial charge in [0.1, 0.15) is 0 Å². The van der Waals surface area contributed by atoms with Gasteiger partial charge in [0.05, 0.1) is 0 Å². The fourth-order valence-corrected chi connectivity index (χ4v) is 2.06. The van der Waals surface area contributed by atoms with Gasteiger partial charge >= 0.3 is 0 Å². The molecule has 0 saturated carbocycles. The van der Waals surface area contributed by atoms with E-state index >= 15 is 0 Å². The number of hydrogen-bond acceptors (Lipinski definition) is 1. The average molecular weight is 202 g/mol. The Balaban J connectivity index is 2.65. The van der Waals surface area contributed by atoms with Crippen molar-refractivity contribution in [1.82, 2.24) is 4.57 Å². The normalized spacial score (nSPS) is 13.3. The van der Waals surface area contributed by atoms with Crippen LogP contribution in [-0.4, -0.2) is 11.1 Å². The van der Waals surface area contributed by atoms with Crippen molar-refractivity contribution in [2.75, 3.05) is 6.54 Å². The summed E-state index contributed by atoms with van der Waals surface area (Å²) in [6.45, 7) is 6.07. The third-order valence-electron chi connectivity index (χ3n) is 3.04. The monoisotopic (exact) mass is 202 g/mol. The Morgan fingerprint density at radius 3 is 2.73 bits per heavy atom. The first kappa shape index (κ1) is 10.2. The van der Waals surface area contributed by atoms with Crippen molar-refractivity contribution in [3.63, 3.8) is 0 Å². The van der Waals surface area contributed by atoms with Gasteiger partial charge in [-0.25, -0.2) is 0 Å². The Labute approximate surface area is 90.7 Å². The smallest absolute Gasteiger partial charge is 0.0483 e. The second-order valence-electron chi connectivity index (χ2n) is 4.02. The van der Waals surface area contributed by atoms with Crippen LogP contribution in [0.1, 0.15) is 25.3 Å². The highest BCUT2D eigenvalue weighted by Crippen LogP contribution is 2.26. The molecule has 15 heavy (non-hydrogen) atoms. The van der Waals surface area contributed by atoms with Gasteiger partial charge in [0.15, 0.2) is 0 Å². The van der Waals surface area contributed by atoms with Crippen LogP contribution in [-0.2, 0) is 6.54 Å². The molecule has 0 amide bonds. The Kier molecular flexibility index (Phi) is 2.78. The van der Waals surface area contributed by atoms with Crippen molar-refractivity contribution in [3.8, 4) is 0 Å². The minimum absolute atomic E-state index is 0.433. The molecule has 2 heteroatoms. The molecule has 0 aliphatic heterocycles. The van der Waals surface area contributed by atoms with Crippen molar-refractivity contribution < 1.29 is 0 Å². The predicted octanol–water partition coefficient (Wildman–Crippen LogP) is 2.72. The van der Waals surface area contributed by atoms with Gasteiger partial charge in [-0.2, -0.15) is 0 Å². The van der Waals surface area contributed by atoms with Crippen molar-refractivity contribution in [1.29, 1.82) is 0 Å². The largest absolute Gasteiger partial charge is 0.347 e. The van der Waals surface area contributed by atoms with Crippen LogP contribution in [0.25, 0.3) is 10.9 Å². The number of hydrogen-bond donors (Lipinski definition) is 1. The second-order valence-corrected chi connectivity index (χ2v) is 4.02. The third kappa shape index (κ3) is 1.65. The average Bonchev–Trinajstić information content (AvgIpc) is 2.67. The Morgan fingerprint density at radius 1 is 1.33 bits per heavy atom. The van der Waals surface area contributed by atoms with Crippen molar-refractivity contribution >= 4 is 10.9 Å². The molecule has 80 valence electrons. The molecule has 0 bridgehead atoms. The Bertz CT molecular complexity index is 457. The number of aromatic nitrogens is 1. The van der Waals surface area contributed by atoms with Gasteiger partial charge in [-0.3, -0.25) is 0 Å². The number of nitrogens with two attached hydrogens (primary N) is 1. The fraction of sp³-hybridized carbons (Fsp3) is 0.385. The summed E-state index contributed by atoms with van der Waals surface area (Å²) in [5.74, 6) is 0.433. The molecule has 1 aromatic carbocycles. The summed E-state index contributed by atoms with van der Waals surface area (Å²) >= 11 is 0. The lowest BCUT2D eigenvalue weighted by molar-refractivity contribution is 0.752. The molecule has 0 aliphatic carbocycles. The van der Waals surface area contributed by atoms with E-state index < -0.39 is 0 Å². The molecule has 2 nitrogen and oxygen atoms in total. The van der Waals surface area contributed by atoms with Gasteiger partial charge in [0.2, 0.25) is 0 Å². The lowest BCUT2D eigenvalue weighted by atomic mass is 10.0. The van der Waals surface area contributed by atoms with Crippen LogP contribution in [0.15, 0.2) is 30.5 Å². The number of nitrogens with zero attached hydrogens (tertiary/aromatic N) is 1. The second kappa shape index (κ2) is 4.07. The number of aryl methyl sites for hydroxylation is 1. The van der Waals surface area contributed by atoms with Crippen LogP contribution in [0, 0.1) is 0 Å². The van der Waals surface area contributed by atoms with Crippen molar-refractivity contribution in [2.24, 2.45) is 5.73 Å². The molecule has 1 atom stereocenters. The number of benzene rings is 1. The molecule has 0 spiro atoms. The Hall–Kier alpha value is -1.28. The van der Waals surface area contributed by atoms with Crippen LogP contribution in [0.5, 0.6) is 0 Å². The highest BCUT2D eigenvalue weighted by molar-refractivity contribution is 5.84. The van der Waals surface area contributed by atoms with E-state index in [9.17, 15) is 0 Å². The van der Waals surface area contributed by atoms with E-state index in [1.165, 1.54) is 16.5 Å². The molecule has 0 fully saturated rings. The number of para-hydroxylation sites is 1. The van der Waals surface area contributed by atoms with Gasteiger partial charge in [-0.1, -0.05) is 25.1 Å². The standard InChI is InChI=1S/C13H18N2/c1-3-15-9-12(10(2)8-14)11-6-4-5-7-13(11)15/h4-7,9-10H,3,8,14H2,1-2H3. The minimum atomic E-state index is 0.433. The van der Waals surface area contributed by atoms with E-state index in [-0.39, 0.29) is 0 Å². The van der Waals surface area contributed by atoms with Gasteiger partial charge in [0.25, 0.3) is 0 Å². The van der Waals surface area contributed by atoms with Crippen LogP contribution >= 0.6 is 0 Å². The quantitative estimate of drug-likeness (QED) is 0.815. The molecule has 0 saturated heterocycles. The molecule has 1 heterocycles. The zero-order valence-electron chi connectivity index (χ0n) is 9.40. The molecule has 1 unspecified atom stereocenters. The molecule has 2 N–H and O–H groups in total. The molecule has 0 radical (unpaired) electrons. The first-order valence-corrected chi connectivity index (χ1v) is 5.55. The molecule has 0 aliphatic rings. The van der Waals surface area contributed by atoms with Crippen LogP contribution < -0.4 is 5.73 Å². The summed E-state index contributed by atoms with van der Waals surface area (Å²) in [5.41, 5.74) is 8.42. The van der Waals surface area contributed by atoms with Gasteiger partial charge < -0.3 is 10.3 Å². The zero-order chi connectivity index (χ0) is 10.8. The number of rotatable bonds is 3. The Morgan fingerprint density at radius 2 is 2.07 bits per heavy atom. The summed E-state index contributed by atoms with van der Waals surface area (Å²) in [4.78, 5) is 0. The van der Waals surface area contributed by atoms with E-state index in [0.29, 0.717) is 12.5 Å². The summed E-state index contributed by atoms with van der Waals surface area (Å²) < 4.78 is 2.29. The van der Waals surface area contributed by atoms with Crippen molar-refractivity contribution in [2.45, 2.75) is 26.3 Å². The molecular formula is C13H18N2. The molecule has 2 aromatic rings. The molecule has 1 aromatic heterocycles. The maximum atomic E-state index is 5.74. The number of fused-ring (bicyclic) bond motifs is 1. The van der Waals surface area contributed by atoms with E-state index in [4.69, 9.17) is 5.73 Å². The van der Waals surface area contributed by atoms with Crippen molar-refractivity contribution in [3.05, 3.63) is 36.0 Å².